The Morgan fingerprint density at radius 2 is 2.21 bits per heavy atom. The molecule has 0 saturated heterocycles. The second-order valence-corrected chi connectivity index (χ2v) is 6.43. The van der Waals surface area contributed by atoms with E-state index in [9.17, 15) is 4.79 Å². The Balaban J connectivity index is 1.51. The van der Waals surface area contributed by atoms with Crippen LogP contribution in [0, 0.1) is 0 Å². The number of guanidine groups is 1. The molecule has 0 spiro atoms. The molecule has 1 aromatic heterocycles. The predicted octanol–water partition coefficient (Wildman–Crippen LogP) is 1.04. The average molecular weight is 332 g/mol. The predicted molar refractivity (Wildman–Crippen MR) is 95.3 cm³/mol. The van der Waals surface area contributed by atoms with Gasteiger partial charge in [-0.1, -0.05) is 12.2 Å². The van der Waals surface area contributed by atoms with Crippen LogP contribution in [-0.2, 0) is 19.5 Å². The van der Waals surface area contributed by atoms with Crippen LogP contribution in [0.3, 0.4) is 0 Å². The van der Waals surface area contributed by atoms with Gasteiger partial charge in [0.15, 0.2) is 5.96 Å². The third-order valence-corrected chi connectivity index (χ3v) is 4.52. The molecule has 3 rings (SSSR count). The molecule has 24 heavy (non-hydrogen) atoms. The van der Waals surface area contributed by atoms with Crippen molar-refractivity contribution in [3.8, 4) is 0 Å². The van der Waals surface area contributed by atoms with Crippen molar-refractivity contribution in [3.63, 3.8) is 0 Å². The lowest BCUT2D eigenvalue weighted by Crippen LogP contribution is -2.42. The smallest absolute Gasteiger partial charge is 0.345 e. The molecule has 0 aromatic carbocycles. The minimum Gasteiger partial charge on any atom is -0.357 e. The molecule has 2 aliphatic rings. The number of nitrogens with one attached hydrogen (secondary N) is 2. The highest BCUT2D eigenvalue weighted by Gasteiger charge is 2.16. The van der Waals surface area contributed by atoms with Crippen LogP contribution in [-0.4, -0.2) is 39.4 Å². The average Bonchev–Trinajstić information content (AvgIpc) is 3.20. The summed E-state index contributed by atoms with van der Waals surface area (Å²) in [5.41, 5.74) is 0.0377. The van der Waals surface area contributed by atoms with Gasteiger partial charge < -0.3 is 10.6 Å². The molecule has 132 valence electrons. The van der Waals surface area contributed by atoms with Gasteiger partial charge in [0.05, 0.1) is 0 Å². The van der Waals surface area contributed by atoms with Gasteiger partial charge in [0.25, 0.3) is 0 Å². The number of aliphatic imine (C=N–C) groups is 1. The highest BCUT2D eigenvalue weighted by molar-refractivity contribution is 5.80. The Bertz CT molecular complexity index is 649. The van der Waals surface area contributed by atoms with Gasteiger partial charge in [-0.3, -0.25) is 9.56 Å². The van der Waals surface area contributed by atoms with Crippen LogP contribution in [0.15, 0.2) is 21.9 Å². The van der Waals surface area contributed by atoms with Crippen molar-refractivity contribution in [3.05, 3.63) is 28.5 Å². The van der Waals surface area contributed by atoms with Gasteiger partial charge in [-0.15, -0.1) is 0 Å². The molecule has 0 unspecified atom stereocenters. The van der Waals surface area contributed by atoms with E-state index in [0.29, 0.717) is 19.1 Å². The van der Waals surface area contributed by atoms with E-state index in [4.69, 9.17) is 0 Å². The van der Waals surface area contributed by atoms with E-state index in [-0.39, 0.29) is 5.69 Å². The Kier molecular flexibility index (Phi) is 5.72. The molecule has 0 atom stereocenters. The van der Waals surface area contributed by atoms with Crippen LogP contribution in [0.2, 0.25) is 0 Å². The van der Waals surface area contributed by atoms with E-state index < -0.39 is 0 Å². The van der Waals surface area contributed by atoms with Gasteiger partial charge >= 0.3 is 5.69 Å². The highest BCUT2D eigenvalue weighted by Crippen LogP contribution is 2.10. The van der Waals surface area contributed by atoms with Crippen molar-refractivity contribution in [2.45, 2.75) is 64.6 Å². The van der Waals surface area contributed by atoms with E-state index >= 15 is 0 Å². The van der Waals surface area contributed by atoms with E-state index in [1.165, 1.54) is 0 Å². The molecule has 1 aromatic rings. The zero-order valence-corrected chi connectivity index (χ0v) is 14.5. The molecule has 7 nitrogen and oxygen atoms in total. The second kappa shape index (κ2) is 8.17. The van der Waals surface area contributed by atoms with E-state index in [1.807, 2.05) is 4.57 Å². The summed E-state index contributed by atoms with van der Waals surface area (Å²) in [5, 5.41) is 11.2. The van der Waals surface area contributed by atoms with Gasteiger partial charge in [-0.2, -0.15) is 5.10 Å². The summed E-state index contributed by atoms with van der Waals surface area (Å²) in [4.78, 5) is 16.9. The topological polar surface area (TPSA) is 76.2 Å². The number of hydrogen-bond acceptors (Lipinski definition) is 3. The van der Waals surface area contributed by atoms with Crippen molar-refractivity contribution in [1.29, 1.82) is 0 Å². The van der Waals surface area contributed by atoms with Crippen LogP contribution in [0.25, 0.3) is 0 Å². The minimum atomic E-state index is 0.0377. The SMILES string of the molecule is CCNC(=NCCCn1nc2n(c1=O)CCCC2)NC1CC=CC1. The molecule has 1 aliphatic carbocycles. The summed E-state index contributed by atoms with van der Waals surface area (Å²) in [6, 6.07) is 0.449. The van der Waals surface area contributed by atoms with Crippen molar-refractivity contribution in [2.75, 3.05) is 13.1 Å². The van der Waals surface area contributed by atoms with Gasteiger partial charge in [0.2, 0.25) is 0 Å². The summed E-state index contributed by atoms with van der Waals surface area (Å²) in [6.07, 6.45) is 10.5. The molecular formula is C17H28N6O. The number of nitrogens with zero attached hydrogens (tertiary/aromatic N) is 4. The Morgan fingerprint density at radius 3 is 2.96 bits per heavy atom. The highest BCUT2D eigenvalue weighted by atomic mass is 16.2. The number of hydrogen-bond donors (Lipinski definition) is 2. The zero-order valence-electron chi connectivity index (χ0n) is 14.5. The Morgan fingerprint density at radius 1 is 1.38 bits per heavy atom. The van der Waals surface area contributed by atoms with E-state index in [1.54, 1.807) is 4.68 Å². The van der Waals surface area contributed by atoms with Gasteiger partial charge in [0.1, 0.15) is 5.82 Å². The van der Waals surface area contributed by atoms with E-state index in [2.05, 4.69) is 39.8 Å². The molecule has 2 N–H and O–H groups in total. The third-order valence-electron chi connectivity index (χ3n) is 4.52. The fourth-order valence-electron chi connectivity index (χ4n) is 3.25. The fourth-order valence-corrected chi connectivity index (χ4v) is 3.25. The van der Waals surface area contributed by atoms with Crippen LogP contribution in [0.5, 0.6) is 0 Å². The largest absolute Gasteiger partial charge is 0.357 e. The molecule has 0 bridgehead atoms. The lowest BCUT2D eigenvalue weighted by Gasteiger charge is -2.16. The standard InChI is InChI=1S/C17H28N6O/c1-2-18-16(20-14-8-3-4-9-14)19-11-7-13-23-17(24)22-12-6-5-10-15(22)21-23/h3-4,14H,2,5-13H2,1H3,(H2,18,19,20). The first-order chi connectivity index (χ1) is 11.8. The van der Waals surface area contributed by atoms with Gasteiger partial charge in [-0.25, -0.2) is 9.48 Å². The molecule has 0 amide bonds. The first kappa shape index (κ1) is 16.8. The number of aryl methyl sites for hydroxylation is 2. The fraction of sp³-hybridized carbons (Fsp3) is 0.706. The summed E-state index contributed by atoms with van der Waals surface area (Å²) in [6.45, 7) is 5.05. The quantitative estimate of drug-likeness (QED) is 0.353. The molecule has 0 fully saturated rings. The summed E-state index contributed by atoms with van der Waals surface area (Å²) < 4.78 is 3.43. The molecular weight excluding hydrogens is 304 g/mol. The number of aromatic nitrogens is 3. The van der Waals surface area contributed by atoms with Crippen LogP contribution < -0.4 is 16.3 Å². The lowest BCUT2D eigenvalue weighted by molar-refractivity contribution is 0.509. The van der Waals surface area contributed by atoms with Crippen molar-refractivity contribution >= 4 is 5.96 Å². The van der Waals surface area contributed by atoms with Crippen LogP contribution in [0.4, 0.5) is 0 Å². The molecule has 1 aliphatic heterocycles. The van der Waals surface area contributed by atoms with Crippen LogP contribution >= 0.6 is 0 Å². The van der Waals surface area contributed by atoms with Crippen molar-refractivity contribution in [1.82, 2.24) is 25.0 Å². The molecule has 2 heterocycles. The van der Waals surface area contributed by atoms with Crippen LogP contribution in [0.1, 0.15) is 44.9 Å². The normalized spacial score (nSPS) is 18.0. The second-order valence-electron chi connectivity index (χ2n) is 6.43. The maximum Gasteiger partial charge on any atom is 0.345 e. The monoisotopic (exact) mass is 332 g/mol. The molecule has 7 heteroatoms. The summed E-state index contributed by atoms with van der Waals surface area (Å²) >= 11 is 0. The Hall–Kier alpha value is -2.05. The van der Waals surface area contributed by atoms with Crippen molar-refractivity contribution < 1.29 is 0 Å². The lowest BCUT2D eigenvalue weighted by atomic mass is 10.2. The first-order valence-corrected chi connectivity index (χ1v) is 9.14. The maximum absolute atomic E-state index is 12.3. The van der Waals surface area contributed by atoms with E-state index in [0.717, 1.165) is 63.4 Å². The number of rotatable bonds is 6. The third kappa shape index (κ3) is 4.07. The molecule has 0 saturated carbocycles. The van der Waals surface area contributed by atoms with Gasteiger partial charge in [-0.05, 0) is 39.0 Å². The zero-order chi connectivity index (χ0) is 16.8. The maximum atomic E-state index is 12.3. The summed E-state index contributed by atoms with van der Waals surface area (Å²) in [5.74, 6) is 1.81. The van der Waals surface area contributed by atoms with Gasteiger partial charge in [0, 0.05) is 38.6 Å². The number of fused-ring (bicyclic) bond motifs is 1. The van der Waals surface area contributed by atoms with Crippen molar-refractivity contribution in [2.24, 2.45) is 4.99 Å². The Labute approximate surface area is 142 Å². The minimum absolute atomic E-state index is 0.0377. The summed E-state index contributed by atoms with van der Waals surface area (Å²) in [7, 11) is 0. The first-order valence-electron chi connectivity index (χ1n) is 9.14. The molecule has 0 radical (unpaired) electrons.